The van der Waals surface area contributed by atoms with Crippen molar-refractivity contribution in [3.8, 4) is 17.5 Å². The molecule has 0 aliphatic heterocycles. The maximum Gasteiger partial charge on any atom is 0.267 e. The summed E-state index contributed by atoms with van der Waals surface area (Å²) < 4.78 is 7.92. The number of para-hydroxylation sites is 1. The number of anilines is 1. The molecule has 0 saturated heterocycles. The highest BCUT2D eigenvalue weighted by atomic mass is 16.5. The summed E-state index contributed by atoms with van der Waals surface area (Å²) in [4.78, 5) is 36.3. The minimum absolute atomic E-state index is 0.0274. The summed E-state index contributed by atoms with van der Waals surface area (Å²) in [5, 5.41) is 7.40. The number of methoxy groups -OCH3 is 1. The summed E-state index contributed by atoms with van der Waals surface area (Å²) >= 11 is 0. The molecule has 38 heavy (non-hydrogen) atoms. The van der Waals surface area contributed by atoms with E-state index >= 15 is 0 Å². The fraction of sp³-hybridized carbons (Fsp3) is 0.179. The lowest BCUT2D eigenvalue weighted by molar-refractivity contribution is 0.0939. The molecule has 10 nitrogen and oxygen atoms in total. The van der Waals surface area contributed by atoms with Gasteiger partial charge < -0.3 is 15.8 Å². The predicted molar refractivity (Wildman–Crippen MR) is 148 cm³/mol. The second-order valence-electron chi connectivity index (χ2n) is 8.30. The number of aryl methyl sites for hydroxylation is 1. The number of fused-ring (bicyclic) bond motifs is 1. The van der Waals surface area contributed by atoms with Crippen LogP contribution in [0.5, 0.6) is 0 Å². The number of aliphatic imine (C=N–C) groups is 1. The van der Waals surface area contributed by atoms with Gasteiger partial charge >= 0.3 is 0 Å². The van der Waals surface area contributed by atoms with Gasteiger partial charge in [-0.05, 0) is 31.2 Å². The van der Waals surface area contributed by atoms with E-state index in [1.54, 1.807) is 51.4 Å². The first-order valence-electron chi connectivity index (χ1n) is 11.7. The predicted octanol–water partition coefficient (Wildman–Crippen LogP) is 3.08. The Labute approximate surface area is 219 Å². The van der Waals surface area contributed by atoms with Crippen LogP contribution in [0.4, 0.5) is 11.6 Å². The Hall–Kier alpha value is -5.01. The van der Waals surface area contributed by atoms with Crippen LogP contribution in [0.2, 0.25) is 0 Å². The van der Waals surface area contributed by atoms with E-state index in [0.29, 0.717) is 28.0 Å². The molecule has 4 rings (SSSR count). The molecule has 0 fully saturated rings. The number of nitrogen functional groups attached to an aromatic ring is 1. The zero-order valence-electron chi connectivity index (χ0n) is 21.3. The molecule has 2 heterocycles. The van der Waals surface area contributed by atoms with Crippen molar-refractivity contribution in [2.75, 3.05) is 19.5 Å². The van der Waals surface area contributed by atoms with Gasteiger partial charge in [0.15, 0.2) is 11.6 Å². The van der Waals surface area contributed by atoms with Crippen LogP contribution in [0.3, 0.4) is 0 Å². The van der Waals surface area contributed by atoms with Gasteiger partial charge in [-0.1, -0.05) is 48.8 Å². The third-order valence-electron chi connectivity index (χ3n) is 5.69. The van der Waals surface area contributed by atoms with Crippen molar-refractivity contribution in [2.24, 2.45) is 12.0 Å². The molecule has 4 aromatic rings. The number of hydrogen-bond donors (Lipinski definition) is 2. The van der Waals surface area contributed by atoms with Crippen LogP contribution in [0.1, 0.15) is 34.7 Å². The van der Waals surface area contributed by atoms with Crippen LogP contribution in [0, 0.1) is 11.8 Å². The zero-order chi connectivity index (χ0) is 27.2. The van der Waals surface area contributed by atoms with Crippen molar-refractivity contribution in [1.82, 2.24) is 24.6 Å². The smallest absolute Gasteiger partial charge is 0.267 e. The lowest BCUT2D eigenvalue weighted by Crippen LogP contribution is -2.33. The Balaban J connectivity index is 1.86. The molecule has 0 radical (unpaired) electrons. The molecule has 1 atom stereocenters. The van der Waals surface area contributed by atoms with E-state index in [4.69, 9.17) is 15.5 Å². The lowest BCUT2D eigenvalue weighted by atomic mass is 10.1. The minimum Gasteiger partial charge on any atom is -0.381 e. The zero-order valence-corrected chi connectivity index (χ0v) is 21.3. The third-order valence-corrected chi connectivity index (χ3v) is 5.69. The number of nitrogens with two attached hydrogens (primary N) is 1. The number of allylic oxidation sites excluding steroid dienone is 1. The van der Waals surface area contributed by atoms with Crippen molar-refractivity contribution in [3.63, 3.8) is 0 Å². The van der Waals surface area contributed by atoms with E-state index in [0.717, 1.165) is 0 Å². The van der Waals surface area contributed by atoms with Crippen LogP contribution in [-0.2, 0) is 11.8 Å². The number of aromatic nitrogens is 4. The van der Waals surface area contributed by atoms with Gasteiger partial charge in [-0.25, -0.2) is 14.7 Å². The van der Waals surface area contributed by atoms with Gasteiger partial charge in [-0.3, -0.25) is 14.2 Å². The van der Waals surface area contributed by atoms with Crippen LogP contribution in [-0.4, -0.2) is 45.2 Å². The van der Waals surface area contributed by atoms with Gasteiger partial charge in [0.2, 0.25) is 0 Å². The van der Waals surface area contributed by atoms with E-state index in [1.165, 1.54) is 21.5 Å². The monoisotopic (exact) mass is 509 g/mol. The highest BCUT2D eigenvalue weighted by molar-refractivity contribution is 6.03. The maximum absolute atomic E-state index is 13.9. The van der Waals surface area contributed by atoms with Gasteiger partial charge in [-0.2, -0.15) is 5.10 Å². The first-order chi connectivity index (χ1) is 18.4. The number of ether oxygens (including phenoxy) is 1. The van der Waals surface area contributed by atoms with Gasteiger partial charge in [0.05, 0.1) is 22.6 Å². The Morgan fingerprint density at radius 3 is 2.74 bits per heavy atom. The van der Waals surface area contributed by atoms with Crippen molar-refractivity contribution in [3.05, 3.63) is 88.5 Å². The van der Waals surface area contributed by atoms with E-state index in [9.17, 15) is 9.59 Å². The summed E-state index contributed by atoms with van der Waals surface area (Å²) in [6.45, 7) is 5.58. The highest BCUT2D eigenvalue weighted by Gasteiger charge is 2.25. The second-order valence-corrected chi connectivity index (χ2v) is 8.30. The molecule has 0 aliphatic carbocycles. The first kappa shape index (κ1) is 26.1. The van der Waals surface area contributed by atoms with Gasteiger partial charge in [0, 0.05) is 25.9 Å². The molecule has 1 unspecified atom stereocenters. The van der Waals surface area contributed by atoms with E-state index in [1.807, 2.05) is 18.2 Å². The summed E-state index contributed by atoms with van der Waals surface area (Å²) in [7, 11) is 3.19. The first-order valence-corrected chi connectivity index (χ1v) is 11.7. The lowest BCUT2D eigenvalue weighted by Gasteiger charge is -2.20. The molecule has 3 N–H and O–H groups in total. The SMILES string of the molecule is C=C/C=N\c1c(C(=O)NC(C)c2nc3cccc(C#CCOC)c3c(=O)n2-c2ccccc2)c(N)nn1C. The number of carbonyl (C=O) groups is 1. The summed E-state index contributed by atoms with van der Waals surface area (Å²) in [5.41, 5.74) is 7.43. The number of nitrogens with zero attached hydrogens (tertiary/aromatic N) is 5. The molecular weight excluding hydrogens is 482 g/mol. The second kappa shape index (κ2) is 11.4. The van der Waals surface area contributed by atoms with Crippen molar-refractivity contribution >= 4 is 34.7 Å². The Bertz CT molecular complexity index is 1660. The summed E-state index contributed by atoms with van der Waals surface area (Å²) in [5.74, 6) is 6.03. The average Bonchev–Trinajstić information content (AvgIpc) is 3.20. The van der Waals surface area contributed by atoms with Crippen LogP contribution < -0.4 is 16.6 Å². The molecule has 0 aliphatic rings. The van der Waals surface area contributed by atoms with Crippen molar-refractivity contribution < 1.29 is 9.53 Å². The number of benzene rings is 2. The molecule has 2 aromatic heterocycles. The number of hydrogen-bond acceptors (Lipinski definition) is 7. The number of nitrogens with one attached hydrogen (secondary N) is 1. The maximum atomic E-state index is 13.9. The number of amides is 1. The number of rotatable bonds is 7. The molecule has 0 bridgehead atoms. The van der Waals surface area contributed by atoms with E-state index in [-0.39, 0.29) is 29.4 Å². The van der Waals surface area contributed by atoms with E-state index in [2.05, 4.69) is 33.8 Å². The molecular formula is C28H27N7O3. The van der Waals surface area contributed by atoms with Gasteiger partial charge in [0.25, 0.3) is 11.5 Å². The van der Waals surface area contributed by atoms with Crippen LogP contribution in [0.25, 0.3) is 16.6 Å². The van der Waals surface area contributed by atoms with Crippen LogP contribution >= 0.6 is 0 Å². The standard InChI is InChI=1S/C28H27N7O3/c1-5-16-30-26-23(24(29)33-34(26)3)27(36)31-18(2)25-32-21-15-9-11-19(12-10-17-38-4)22(21)28(37)35(25)20-13-7-6-8-14-20/h5-9,11,13-16,18H,1,17H2,2-4H3,(H2,29,33)(H,31,36)/b30-16-. The molecule has 0 saturated carbocycles. The third kappa shape index (κ3) is 5.09. The number of carbonyl (C=O) groups excluding carboxylic acids is 1. The van der Waals surface area contributed by atoms with Crippen LogP contribution in [0.15, 0.2) is 71.0 Å². The summed E-state index contributed by atoms with van der Waals surface area (Å²) in [6.07, 6.45) is 2.93. The Morgan fingerprint density at radius 2 is 2.03 bits per heavy atom. The fourth-order valence-electron chi connectivity index (χ4n) is 4.03. The highest BCUT2D eigenvalue weighted by Crippen LogP contribution is 2.26. The summed E-state index contributed by atoms with van der Waals surface area (Å²) in [6, 6.07) is 13.7. The normalized spacial score (nSPS) is 11.8. The van der Waals surface area contributed by atoms with Crippen molar-refractivity contribution in [1.29, 1.82) is 0 Å². The Morgan fingerprint density at radius 1 is 1.26 bits per heavy atom. The fourth-order valence-corrected chi connectivity index (χ4v) is 4.03. The molecule has 2 aromatic carbocycles. The molecule has 0 spiro atoms. The van der Waals surface area contributed by atoms with Crippen molar-refractivity contribution in [2.45, 2.75) is 13.0 Å². The Kier molecular flexibility index (Phi) is 7.80. The molecule has 10 heteroatoms. The van der Waals surface area contributed by atoms with E-state index < -0.39 is 11.9 Å². The van der Waals surface area contributed by atoms with Gasteiger partial charge in [0.1, 0.15) is 18.0 Å². The minimum atomic E-state index is -0.695. The average molecular weight is 510 g/mol. The van der Waals surface area contributed by atoms with Gasteiger partial charge in [-0.15, -0.1) is 0 Å². The largest absolute Gasteiger partial charge is 0.381 e. The molecule has 192 valence electrons. The quantitative estimate of drug-likeness (QED) is 0.291. The molecule has 1 amide bonds. The topological polar surface area (TPSA) is 129 Å².